The maximum absolute atomic E-state index is 12.0. The highest BCUT2D eigenvalue weighted by atomic mass is 32.2. The summed E-state index contributed by atoms with van der Waals surface area (Å²) in [5, 5.41) is 33.0. The molecular formula is C12H6N2O6S2-2. The summed E-state index contributed by atoms with van der Waals surface area (Å²) >= 11 is 5.69. The van der Waals surface area contributed by atoms with E-state index in [4.69, 9.17) is 12.2 Å². The first-order valence-corrected chi connectivity index (χ1v) is 6.92. The number of nitrogens with zero attached hydrogens (tertiary/aromatic N) is 2. The maximum Gasteiger partial charge on any atom is 0.269 e. The molecule has 0 bridgehead atoms. The van der Waals surface area contributed by atoms with Crippen molar-refractivity contribution in [2.45, 2.75) is 0 Å². The van der Waals surface area contributed by atoms with Crippen molar-refractivity contribution in [3.63, 3.8) is 0 Å². The van der Waals surface area contributed by atoms with Gasteiger partial charge in [0.2, 0.25) is 0 Å². The number of carboxylic acid groups (broad SMARTS) is 1. The molecule has 2 rings (SSSR count). The van der Waals surface area contributed by atoms with Crippen LogP contribution in [0.5, 0.6) is 5.75 Å². The lowest BCUT2D eigenvalue weighted by atomic mass is 10.1. The third-order valence-corrected chi connectivity index (χ3v) is 4.03. The van der Waals surface area contributed by atoms with Crippen LogP contribution in [-0.4, -0.2) is 32.6 Å². The van der Waals surface area contributed by atoms with Gasteiger partial charge < -0.3 is 15.0 Å². The van der Waals surface area contributed by atoms with Crippen molar-refractivity contribution in [2.75, 3.05) is 6.54 Å². The van der Waals surface area contributed by atoms with Gasteiger partial charge in [-0.05, 0) is 11.6 Å². The third kappa shape index (κ3) is 3.23. The van der Waals surface area contributed by atoms with Crippen molar-refractivity contribution in [1.82, 2.24) is 4.90 Å². The molecule has 1 aromatic rings. The molecule has 1 heterocycles. The molecule has 0 N–H and O–H groups in total. The molecule has 1 aliphatic heterocycles. The van der Waals surface area contributed by atoms with Crippen LogP contribution < -0.4 is 10.2 Å². The zero-order valence-electron chi connectivity index (χ0n) is 10.7. The average Bonchev–Trinajstić information content (AvgIpc) is 2.68. The quantitative estimate of drug-likeness (QED) is 0.315. The Morgan fingerprint density at radius 2 is 2.14 bits per heavy atom. The molecule has 1 amide bonds. The zero-order valence-corrected chi connectivity index (χ0v) is 12.3. The third-order valence-electron chi connectivity index (χ3n) is 2.65. The monoisotopic (exact) mass is 338 g/mol. The van der Waals surface area contributed by atoms with Crippen LogP contribution in [0.4, 0.5) is 5.69 Å². The van der Waals surface area contributed by atoms with Gasteiger partial charge in [-0.1, -0.05) is 30.0 Å². The predicted octanol–water partition coefficient (Wildman–Crippen LogP) is -0.381. The van der Waals surface area contributed by atoms with Crippen molar-refractivity contribution in [2.24, 2.45) is 0 Å². The van der Waals surface area contributed by atoms with E-state index in [1.807, 2.05) is 0 Å². The van der Waals surface area contributed by atoms with E-state index in [0.717, 1.165) is 40.9 Å². The van der Waals surface area contributed by atoms with Gasteiger partial charge in [-0.2, -0.15) is 0 Å². The molecule has 1 aromatic carbocycles. The second kappa shape index (κ2) is 6.12. The fourth-order valence-corrected chi connectivity index (χ4v) is 2.91. The minimum Gasteiger partial charge on any atom is -0.872 e. The lowest BCUT2D eigenvalue weighted by Crippen LogP contribution is -2.40. The summed E-state index contributed by atoms with van der Waals surface area (Å²) in [6, 6.07) is 3.11. The molecule has 114 valence electrons. The topological polar surface area (TPSA) is 127 Å². The Labute approximate surface area is 133 Å². The number of hydrogen-bond acceptors (Lipinski definition) is 8. The Balaban J connectivity index is 2.36. The van der Waals surface area contributed by atoms with Gasteiger partial charge in [0.1, 0.15) is 4.32 Å². The van der Waals surface area contributed by atoms with Gasteiger partial charge in [-0.25, -0.2) is 0 Å². The molecule has 1 saturated heterocycles. The number of benzene rings is 1. The van der Waals surface area contributed by atoms with Crippen molar-refractivity contribution < 1.29 is 24.7 Å². The number of carboxylic acids is 1. The summed E-state index contributed by atoms with van der Waals surface area (Å²) in [5.41, 5.74) is -0.348. The maximum atomic E-state index is 12.0. The van der Waals surface area contributed by atoms with E-state index in [1.165, 1.54) is 0 Å². The van der Waals surface area contributed by atoms with E-state index >= 15 is 0 Å². The first-order valence-electron chi connectivity index (χ1n) is 5.70. The van der Waals surface area contributed by atoms with E-state index in [1.54, 1.807) is 0 Å². The molecule has 1 aliphatic rings. The van der Waals surface area contributed by atoms with Crippen molar-refractivity contribution >= 4 is 51.9 Å². The Morgan fingerprint density at radius 1 is 1.45 bits per heavy atom. The van der Waals surface area contributed by atoms with Gasteiger partial charge in [0.05, 0.1) is 22.3 Å². The van der Waals surface area contributed by atoms with Gasteiger partial charge in [0.25, 0.3) is 11.6 Å². The summed E-state index contributed by atoms with van der Waals surface area (Å²) in [7, 11) is 0. The summed E-state index contributed by atoms with van der Waals surface area (Å²) in [6.07, 6.45) is 1.16. The highest BCUT2D eigenvalue weighted by Gasteiger charge is 2.31. The SMILES string of the molecule is O=C([O-])CN1C(=O)/C(=C/c2cc([N+](=O)[O-])ccc2[O-])SC1=S. The zero-order chi connectivity index (χ0) is 16.4. The molecular weight excluding hydrogens is 332 g/mol. The van der Waals surface area contributed by atoms with Crippen LogP contribution in [0.15, 0.2) is 23.1 Å². The van der Waals surface area contributed by atoms with Crippen LogP contribution >= 0.6 is 24.0 Å². The number of nitro groups is 1. The lowest BCUT2D eigenvalue weighted by Gasteiger charge is -2.14. The predicted molar refractivity (Wildman–Crippen MR) is 77.4 cm³/mol. The fraction of sp³-hybridized carbons (Fsp3) is 0.0833. The van der Waals surface area contributed by atoms with E-state index in [9.17, 15) is 29.9 Å². The van der Waals surface area contributed by atoms with Gasteiger partial charge in [0.15, 0.2) is 0 Å². The number of non-ortho nitro benzene ring substituents is 1. The first kappa shape index (κ1) is 15.9. The molecule has 0 aliphatic carbocycles. The summed E-state index contributed by atoms with van der Waals surface area (Å²) in [6.45, 7) is -0.693. The molecule has 0 saturated carbocycles. The number of hydrogen-bond donors (Lipinski definition) is 0. The number of rotatable bonds is 4. The van der Waals surface area contributed by atoms with Gasteiger partial charge in [0, 0.05) is 12.1 Å². The highest BCUT2D eigenvalue weighted by Crippen LogP contribution is 2.34. The van der Waals surface area contributed by atoms with E-state index < -0.39 is 29.1 Å². The van der Waals surface area contributed by atoms with E-state index in [2.05, 4.69) is 0 Å². The Kier molecular flexibility index (Phi) is 4.43. The van der Waals surface area contributed by atoms with Crippen LogP contribution in [0.2, 0.25) is 0 Å². The highest BCUT2D eigenvalue weighted by molar-refractivity contribution is 8.26. The van der Waals surface area contributed by atoms with E-state index in [0.29, 0.717) is 0 Å². The molecule has 0 aromatic heterocycles. The van der Waals surface area contributed by atoms with Crippen molar-refractivity contribution in [1.29, 1.82) is 0 Å². The summed E-state index contributed by atoms with van der Waals surface area (Å²) in [5.74, 6) is -2.67. The minimum absolute atomic E-state index is 0.0123. The largest absolute Gasteiger partial charge is 0.872 e. The summed E-state index contributed by atoms with van der Waals surface area (Å²) in [4.78, 5) is 33.4. The molecule has 22 heavy (non-hydrogen) atoms. The molecule has 0 radical (unpaired) electrons. The van der Waals surface area contributed by atoms with Crippen LogP contribution in [0.3, 0.4) is 0 Å². The standard InChI is InChI=1S/C12H8N2O6S2/c15-8-2-1-7(14(19)20)3-6(8)4-9-11(18)13(5-10(16)17)12(21)22-9/h1-4,15H,5H2,(H,16,17)/p-2/b9-4-. The number of thioether (sulfide) groups is 1. The van der Waals surface area contributed by atoms with Crippen LogP contribution in [0.25, 0.3) is 6.08 Å². The normalized spacial score (nSPS) is 16.4. The number of amides is 1. The number of carbonyl (C=O) groups is 2. The Hall–Kier alpha value is -2.46. The van der Waals surface area contributed by atoms with Crippen LogP contribution in [0.1, 0.15) is 5.56 Å². The molecule has 1 fully saturated rings. The lowest BCUT2D eigenvalue weighted by molar-refractivity contribution is -0.385. The Morgan fingerprint density at radius 3 is 2.73 bits per heavy atom. The van der Waals surface area contributed by atoms with Gasteiger partial charge in [-0.15, -0.1) is 5.75 Å². The van der Waals surface area contributed by atoms with Crippen molar-refractivity contribution in [3.05, 3.63) is 38.8 Å². The first-order chi connectivity index (χ1) is 10.3. The number of nitro benzene ring substituents is 1. The number of carbonyl (C=O) groups excluding carboxylic acids is 2. The van der Waals surface area contributed by atoms with Crippen molar-refractivity contribution in [3.8, 4) is 5.75 Å². The number of thiocarbonyl (C=S) groups is 1. The van der Waals surface area contributed by atoms with Gasteiger partial charge >= 0.3 is 0 Å². The average molecular weight is 338 g/mol. The second-order valence-electron chi connectivity index (χ2n) is 4.12. The molecule has 8 nitrogen and oxygen atoms in total. The molecule has 0 spiro atoms. The minimum atomic E-state index is -1.47. The van der Waals surface area contributed by atoms with Crippen LogP contribution in [-0.2, 0) is 9.59 Å². The molecule has 0 unspecified atom stereocenters. The summed E-state index contributed by atoms with van der Waals surface area (Å²) < 4.78 is 0.0123. The van der Waals surface area contributed by atoms with Gasteiger partial charge in [-0.3, -0.25) is 19.8 Å². The van der Waals surface area contributed by atoms with Crippen LogP contribution in [0, 0.1) is 10.1 Å². The van der Waals surface area contributed by atoms with E-state index in [-0.39, 0.29) is 20.5 Å². The fourth-order valence-electron chi connectivity index (χ4n) is 1.67. The molecule has 0 atom stereocenters. The Bertz CT molecular complexity index is 730. The second-order valence-corrected chi connectivity index (χ2v) is 5.79. The molecule has 10 heteroatoms. The number of aliphatic carboxylic acids is 1. The smallest absolute Gasteiger partial charge is 0.269 e.